The average molecular weight is 402 g/mol. The summed E-state index contributed by atoms with van der Waals surface area (Å²) in [7, 11) is -3.32. The Hall–Kier alpha value is -2.25. The van der Waals surface area contributed by atoms with E-state index in [4.69, 9.17) is 0 Å². The maximum atomic E-state index is 12.9. The molecule has 1 aromatic heterocycles. The van der Waals surface area contributed by atoms with E-state index < -0.39 is 10.0 Å². The van der Waals surface area contributed by atoms with Crippen molar-refractivity contribution in [3.63, 3.8) is 0 Å². The summed E-state index contributed by atoms with van der Waals surface area (Å²) in [5, 5.41) is 0. The molecule has 28 heavy (non-hydrogen) atoms. The van der Waals surface area contributed by atoms with Crippen molar-refractivity contribution in [2.45, 2.75) is 26.2 Å². The molecule has 2 aromatic rings. The zero-order valence-electron chi connectivity index (χ0n) is 16.4. The van der Waals surface area contributed by atoms with Gasteiger partial charge in [-0.25, -0.2) is 8.42 Å². The Bertz CT molecular complexity index is 926. The van der Waals surface area contributed by atoms with Gasteiger partial charge >= 0.3 is 0 Å². The molecule has 1 saturated heterocycles. The molecule has 0 bridgehead atoms. The molecule has 1 N–H and O–H groups in total. The minimum Gasteiger partial charge on any atom is -0.302 e. The minimum absolute atomic E-state index is 0.0204. The predicted molar refractivity (Wildman–Crippen MR) is 111 cm³/mol. The number of hydrogen-bond acceptors (Lipinski definition) is 5. The zero-order valence-corrected chi connectivity index (χ0v) is 17.2. The third-order valence-electron chi connectivity index (χ3n) is 4.98. The van der Waals surface area contributed by atoms with E-state index in [1.807, 2.05) is 25.1 Å². The van der Waals surface area contributed by atoms with Gasteiger partial charge in [-0.05, 0) is 62.7 Å². The Morgan fingerprint density at radius 2 is 1.96 bits per heavy atom. The van der Waals surface area contributed by atoms with Crippen molar-refractivity contribution in [2.75, 3.05) is 30.6 Å². The molecule has 2 heterocycles. The van der Waals surface area contributed by atoms with Gasteiger partial charge in [0.05, 0.1) is 6.26 Å². The van der Waals surface area contributed by atoms with E-state index in [9.17, 15) is 13.2 Å². The van der Waals surface area contributed by atoms with Gasteiger partial charge in [0.25, 0.3) is 0 Å². The SMILES string of the molecule is Cc1cccc(CCN2CCCC(C(=O)c3ccc(NS(C)(=O)=O)cc3)C2)n1. The molecular formula is C21H27N3O3S. The van der Waals surface area contributed by atoms with E-state index in [-0.39, 0.29) is 11.7 Å². The molecule has 1 aliphatic heterocycles. The highest BCUT2D eigenvalue weighted by Gasteiger charge is 2.26. The lowest BCUT2D eigenvalue weighted by Crippen LogP contribution is -2.39. The fraction of sp³-hybridized carbons (Fsp3) is 0.429. The van der Waals surface area contributed by atoms with Crippen molar-refractivity contribution < 1.29 is 13.2 Å². The molecule has 1 fully saturated rings. The van der Waals surface area contributed by atoms with E-state index in [0.717, 1.165) is 56.5 Å². The molecule has 0 saturated carbocycles. The van der Waals surface area contributed by atoms with Crippen LogP contribution in [-0.4, -0.2) is 50.0 Å². The van der Waals surface area contributed by atoms with Crippen molar-refractivity contribution in [1.82, 2.24) is 9.88 Å². The summed E-state index contributed by atoms with van der Waals surface area (Å²) in [4.78, 5) is 19.8. The normalized spacial score (nSPS) is 18.0. The molecule has 1 unspecified atom stereocenters. The standard InChI is InChI=1S/C21H27N3O3S/c1-16-5-3-7-19(22-16)12-14-24-13-4-6-18(15-24)21(25)17-8-10-20(11-9-17)23-28(2,26)27/h3,5,7-11,18,23H,4,6,12-15H2,1-2H3. The van der Waals surface area contributed by atoms with Crippen molar-refractivity contribution >= 4 is 21.5 Å². The Morgan fingerprint density at radius 1 is 1.21 bits per heavy atom. The number of aromatic nitrogens is 1. The number of ketones is 1. The van der Waals surface area contributed by atoms with Gasteiger partial charge < -0.3 is 4.90 Å². The molecule has 0 radical (unpaired) electrons. The highest BCUT2D eigenvalue weighted by molar-refractivity contribution is 7.92. The van der Waals surface area contributed by atoms with Crippen LogP contribution in [0.25, 0.3) is 0 Å². The molecule has 6 nitrogen and oxygen atoms in total. The van der Waals surface area contributed by atoms with E-state index in [1.165, 1.54) is 0 Å². The van der Waals surface area contributed by atoms with Crippen LogP contribution in [0.4, 0.5) is 5.69 Å². The molecule has 1 aromatic carbocycles. The number of piperidine rings is 1. The second-order valence-corrected chi connectivity index (χ2v) is 9.22. The largest absolute Gasteiger partial charge is 0.302 e. The molecule has 0 amide bonds. The fourth-order valence-corrected chi connectivity index (χ4v) is 4.20. The van der Waals surface area contributed by atoms with Crippen LogP contribution in [0.3, 0.4) is 0 Å². The average Bonchev–Trinajstić information content (AvgIpc) is 2.65. The maximum Gasteiger partial charge on any atom is 0.229 e. The molecule has 1 aliphatic rings. The summed E-state index contributed by atoms with van der Waals surface area (Å²) in [6.45, 7) is 4.66. The monoisotopic (exact) mass is 401 g/mol. The van der Waals surface area contributed by atoms with Crippen LogP contribution in [0.5, 0.6) is 0 Å². The van der Waals surface area contributed by atoms with E-state index in [0.29, 0.717) is 11.3 Å². The molecule has 3 rings (SSSR count). The molecule has 150 valence electrons. The zero-order chi connectivity index (χ0) is 20.1. The van der Waals surface area contributed by atoms with Gasteiger partial charge in [-0.3, -0.25) is 14.5 Å². The van der Waals surface area contributed by atoms with Crippen LogP contribution >= 0.6 is 0 Å². The fourth-order valence-electron chi connectivity index (χ4n) is 3.64. The van der Waals surface area contributed by atoms with Gasteiger partial charge in [-0.1, -0.05) is 6.07 Å². The molecule has 0 aliphatic carbocycles. The van der Waals surface area contributed by atoms with Crippen LogP contribution in [0.15, 0.2) is 42.5 Å². The number of carbonyl (C=O) groups is 1. The Labute approximate surface area is 167 Å². The number of nitrogens with zero attached hydrogens (tertiary/aromatic N) is 2. The van der Waals surface area contributed by atoms with Gasteiger partial charge in [0.2, 0.25) is 10.0 Å². The van der Waals surface area contributed by atoms with Crippen molar-refractivity contribution in [3.8, 4) is 0 Å². The van der Waals surface area contributed by atoms with Crippen LogP contribution in [0.2, 0.25) is 0 Å². The quantitative estimate of drug-likeness (QED) is 0.722. The summed E-state index contributed by atoms with van der Waals surface area (Å²) in [5.41, 5.74) is 3.21. The van der Waals surface area contributed by atoms with E-state index in [2.05, 4.69) is 14.6 Å². The first-order chi connectivity index (χ1) is 13.3. The third-order valence-corrected chi connectivity index (χ3v) is 5.59. The topological polar surface area (TPSA) is 79.4 Å². The van der Waals surface area contributed by atoms with Crippen molar-refractivity contribution in [3.05, 3.63) is 59.4 Å². The van der Waals surface area contributed by atoms with Crippen LogP contribution in [-0.2, 0) is 16.4 Å². The first-order valence-electron chi connectivity index (χ1n) is 9.57. The second-order valence-electron chi connectivity index (χ2n) is 7.48. The Kier molecular flexibility index (Phi) is 6.46. The smallest absolute Gasteiger partial charge is 0.229 e. The summed E-state index contributed by atoms with van der Waals surface area (Å²) >= 11 is 0. The highest BCUT2D eigenvalue weighted by Crippen LogP contribution is 2.22. The lowest BCUT2D eigenvalue weighted by molar-refractivity contribution is 0.0821. The third kappa shape index (κ3) is 5.87. The lowest BCUT2D eigenvalue weighted by Gasteiger charge is -2.32. The first-order valence-corrected chi connectivity index (χ1v) is 11.5. The summed E-state index contributed by atoms with van der Waals surface area (Å²) in [5.74, 6) is 0.109. The van der Waals surface area contributed by atoms with Crippen molar-refractivity contribution in [2.24, 2.45) is 5.92 Å². The van der Waals surface area contributed by atoms with Gasteiger partial charge in [0, 0.05) is 48.1 Å². The number of carbonyl (C=O) groups excluding carboxylic acids is 1. The molecular weight excluding hydrogens is 374 g/mol. The maximum absolute atomic E-state index is 12.9. The van der Waals surface area contributed by atoms with E-state index >= 15 is 0 Å². The second kappa shape index (κ2) is 8.84. The number of aryl methyl sites for hydroxylation is 1. The number of likely N-dealkylation sites (tertiary alicyclic amines) is 1. The Balaban J connectivity index is 1.58. The van der Waals surface area contributed by atoms with Crippen LogP contribution in [0.1, 0.15) is 34.6 Å². The minimum atomic E-state index is -3.32. The lowest BCUT2D eigenvalue weighted by atomic mass is 9.90. The number of Topliss-reactive ketones (excluding diaryl/α,β-unsaturated/α-hetero) is 1. The van der Waals surface area contributed by atoms with Gasteiger partial charge in [-0.15, -0.1) is 0 Å². The number of anilines is 1. The predicted octanol–water partition coefficient (Wildman–Crippen LogP) is 2.90. The number of rotatable bonds is 7. The van der Waals surface area contributed by atoms with E-state index in [1.54, 1.807) is 24.3 Å². The van der Waals surface area contributed by atoms with Crippen molar-refractivity contribution in [1.29, 1.82) is 0 Å². The number of hydrogen-bond donors (Lipinski definition) is 1. The number of pyridine rings is 1. The first kappa shape index (κ1) is 20.5. The summed E-state index contributed by atoms with van der Waals surface area (Å²) in [6.07, 6.45) is 3.89. The number of nitrogens with one attached hydrogen (secondary N) is 1. The molecule has 7 heteroatoms. The van der Waals surface area contributed by atoms with Gasteiger partial charge in [0.15, 0.2) is 5.78 Å². The van der Waals surface area contributed by atoms with Gasteiger partial charge in [0.1, 0.15) is 0 Å². The molecule has 1 atom stereocenters. The number of sulfonamides is 1. The van der Waals surface area contributed by atoms with Gasteiger partial charge in [-0.2, -0.15) is 0 Å². The summed E-state index contributed by atoms with van der Waals surface area (Å²) < 4.78 is 25.0. The van der Waals surface area contributed by atoms with Crippen LogP contribution in [0, 0.1) is 12.8 Å². The highest BCUT2D eigenvalue weighted by atomic mass is 32.2. The molecule has 0 spiro atoms. The van der Waals surface area contributed by atoms with Crippen LogP contribution < -0.4 is 4.72 Å². The Morgan fingerprint density at radius 3 is 2.64 bits per heavy atom. The summed E-state index contributed by atoms with van der Waals surface area (Å²) in [6, 6.07) is 12.7. The number of benzene rings is 1.